The third-order valence-corrected chi connectivity index (χ3v) is 3.46. The highest BCUT2D eigenvalue weighted by molar-refractivity contribution is 7.12. The second-order valence-electron chi connectivity index (χ2n) is 4.14. The standard InChI is InChI=1S/C14H12FNO4S/c15-10-3-1-9(2-4-10)6-16-13(17)7-20-11-5-12(14(18)19)21-8-11/h1-5,8H,6-7H2,(H,16,17)(H,18,19). The zero-order chi connectivity index (χ0) is 15.2. The molecular formula is C14H12FNO4S. The lowest BCUT2D eigenvalue weighted by molar-refractivity contribution is -0.123. The highest BCUT2D eigenvalue weighted by Gasteiger charge is 2.09. The highest BCUT2D eigenvalue weighted by Crippen LogP contribution is 2.21. The maximum absolute atomic E-state index is 12.7. The van der Waals surface area contributed by atoms with Gasteiger partial charge >= 0.3 is 5.97 Å². The Morgan fingerprint density at radius 3 is 2.62 bits per heavy atom. The minimum Gasteiger partial charge on any atom is -0.483 e. The summed E-state index contributed by atoms with van der Waals surface area (Å²) in [6, 6.07) is 7.15. The Kier molecular flexibility index (Phi) is 4.89. The summed E-state index contributed by atoms with van der Waals surface area (Å²) in [5.74, 6) is -1.37. The van der Waals surface area contributed by atoms with Crippen molar-refractivity contribution in [2.45, 2.75) is 6.54 Å². The number of halogens is 1. The zero-order valence-corrected chi connectivity index (χ0v) is 11.7. The van der Waals surface area contributed by atoms with Crippen molar-refractivity contribution in [3.05, 3.63) is 52.0 Å². The molecule has 0 bridgehead atoms. The SMILES string of the molecule is O=C(COc1csc(C(=O)O)c1)NCc1ccc(F)cc1. The average Bonchev–Trinajstić information content (AvgIpc) is 2.93. The molecule has 5 nitrogen and oxygen atoms in total. The number of nitrogens with one attached hydrogen (secondary N) is 1. The molecule has 0 radical (unpaired) electrons. The van der Waals surface area contributed by atoms with Crippen molar-refractivity contribution in [2.75, 3.05) is 6.61 Å². The van der Waals surface area contributed by atoms with Gasteiger partial charge in [0.1, 0.15) is 16.4 Å². The van der Waals surface area contributed by atoms with Crippen LogP contribution in [0.1, 0.15) is 15.2 Å². The van der Waals surface area contributed by atoms with Crippen LogP contribution in [0.15, 0.2) is 35.7 Å². The largest absolute Gasteiger partial charge is 0.483 e. The van der Waals surface area contributed by atoms with E-state index in [0.717, 1.165) is 16.9 Å². The van der Waals surface area contributed by atoms with E-state index in [-0.39, 0.29) is 29.8 Å². The van der Waals surface area contributed by atoms with E-state index >= 15 is 0 Å². The summed E-state index contributed by atoms with van der Waals surface area (Å²) in [4.78, 5) is 22.4. The fourth-order valence-electron chi connectivity index (χ4n) is 1.51. The molecule has 1 amide bonds. The molecule has 0 saturated heterocycles. The molecule has 7 heteroatoms. The smallest absolute Gasteiger partial charge is 0.346 e. The molecule has 0 aliphatic heterocycles. The number of rotatable bonds is 6. The van der Waals surface area contributed by atoms with Crippen molar-refractivity contribution in [3.8, 4) is 5.75 Å². The van der Waals surface area contributed by atoms with Crippen molar-refractivity contribution in [1.29, 1.82) is 0 Å². The summed E-state index contributed by atoms with van der Waals surface area (Å²) in [6.07, 6.45) is 0. The van der Waals surface area contributed by atoms with E-state index in [1.54, 1.807) is 12.1 Å². The van der Waals surface area contributed by atoms with Gasteiger partial charge in [-0.05, 0) is 17.7 Å². The molecule has 0 unspecified atom stereocenters. The minimum absolute atomic E-state index is 0.150. The molecule has 0 saturated carbocycles. The number of carboxylic acids is 1. The molecule has 1 aromatic heterocycles. The second-order valence-corrected chi connectivity index (χ2v) is 5.05. The summed E-state index contributed by atoms with van der Waals surface area (Å²) in [6.45, 7) is 0.0590. The summed E-state index contributed by atoms with van der Waals surface area (Å²) >= 11 is 1.03. The number of carboxylic acid groups (broad SMARTS) is 1. The third kappa shape index (κ3) is 4.57. The van der Waals surface area contributed by atoms with E-state index in [4.69, 9.17) is 9.84 Å². The number of benzene rings is 1. The van der Waals surface area contributed by atoms with Gasteiger partial charge in [0.15, 0.2) is 6.61 Å². The Bertz CT molecular complexity index is 639. The molecule has 0 aliphatic carbocycles. The summed E-state index contributed by atoms with van der Waals surface area (Å²) in [7, 11) is 0. The van der Waals surface area contributed by atoms with Gasteiger partial charge in [-0.15, -0.1) is 11.3 Å². The molecule has 2 N–H and O–H groups in total. The van der Waals surface area contributed by atoms with Crippen LogP contribution in [0.4, 0.5) is 4.39 Å². The van der Waals surface area contributed by atoms with Crippen LogP contribution in [0, 0.1) is 5.82 Å². The van der Waals surface area contributed by atoms with Gasteiger partial charge in [-0.1, -0.05) is 12.1 Å². The number of hydrogen-bond donors (Lipinski definition) is 2. The fourth-order valence-corrected chi connectivity index (χ4v) is 2.17. The van der Waals surface area contributed by atoms with Gasteiger partial charge in [-0.2, -0.15) is 0 Å². The number of thiophene rings is 1. The van der Waals surface area contributed by atoms with Crippen LogP contribution in [0.25, 0.3) is 0 Å². The van der Waals surface area contributed by atoms with Crippen molar-refractivity contribution in [3.63, 3.8) is 0 Å². The predicted octanol–water partition coefficient (Wildman–Crippen LogP) is 2.28. The molecule has 110 valence electrons. The first-order chi connectivity index (χ1) is 10.0. The highest BCUT2D eigenvalue weighted by atomic mass is 32.1. The van der Waals surface area contributed by atoms with E-state index in [2.05, 4.69) is 5.32 Å². The molecule has 0 atom stereocenters. The molecular weight excluding hydrogens is 297 g/mol. The Labute approximate surface area is 124 Å². The lowest BCUT2D eigenvalue weighted by Crippen LogP contribution is -2.28. The van der Waals surface area contributed by atoms with Crippen LogP contribution in [0.2, 0.25) is 0 Å². The molecule has 0 fully saturated rings. The molecule has 1 heterocycles. The van der Waals surface area contributed by atoms with Crippen LogP contribution < -0.4 is 10.1 Å². The van der Waals surface area contributed by atoms with Crippen molar-refractivity contribution in [2.24, 2.45) is 0 Å². The minimum atomic E-state index is -1.03. The molecule has 2 rings (SSSR count). The Balaban J connectivity index is 1.76. The number of carbonyl (C=O) groups excluding carboxylic acids is 1. The monoisotopic (exact) mass is 309 g/mol. The summed E-state index contributed by atoms with van der Waals surface area (Å²) < 4.78 is 17.9. The molecule has 21 heavy (non-hydrogen) atoms. The Morgan fingerprint density at radius 1 is 1.29 bits per heavy atom. The number of carbonyl (C=O) groups is 2. The van der Waals surface area contributed by atoms with Gasteiger partial charge in [0, 0.05) is 18.0 Å². The first kappa shape index (κ1) is 15.0. The number of hydrogen-bond acceptors (Lipinski definition) is 4. The maximum Gasteiger partial charge on any atom is 0.346 e. The van der Waals surface area contributed by atoms with E-state index in [1.165, 1.54) is 23.6 Å². The van der Waals surface area contributed by atoms with Crippen molar-refractivity contribution >= 4 is 23.2 Å². The van der Waals surface area contributed by atoms with Gasteiger partial charge in [-0.25, -0.2) is 9.18 Å². The van der Waals surface area contributed by atoms with Crippen LogP contribution in [-0.2, 0) is 11.3 Å². The summed E-state index contributed by atoms with van der Waals surface area (Å²) in [5, 5.41) is 12.9. The number of amides is 1. The topological polar surface area (TPSA) is 75.6 Å². The molecule has 2 aromatic rings. The van der Waals surface area contributed by atoms with E-state index in [0.29, 0.717) is 5.75 Å². The van der Waals surface area contributed by atoms with Crippen molar-refractivity contribution < 1.29 is 23.8 Å². The third-order valence-electron chi connectivity index (χ3n) is 2.56. The predicted molar refractivity (Wildman–Crippen MR) is 75.0 cm³/mol. The molecule has 1 aromatic carbocycles. The van der Waals surface area contributed by atoms with Gasteiger partial charge in [0.25, 0.3) is 5.91 Å². The zero-order valence-electron chi connectivity index (χ0n) is 10.8. The van der Waals surface area contributed by atoms with E-state index < -0.39 is 5.97 Å². The first-order valence-electron chi connectivity index (χ1n) is 6.00. The lowest BCUT2D eigenvalue weighted by Gasteiger charge is -2.06. The first-order valence-corrected chi connectivity index (χ1v) is 6.88. The Hall–Kier alpha value is -2.41. The van der Waals surface area contributed by atoms with Crippen molar-refractivity contribution in [1.82, 2.24) is 5.32 Å². The van der Waals surface area contributed by atoms with Crippen LogP contribution in [-0.4, -0.2) is 23.6 Å². The second kappa shape index (κ2) is 6.85. The van der Waals surface area contributed by atoms with Crippen LogP contribution in [0.5, 0.6) is 5.75 Å². The molecule has 0 spiro atoms. The van der Waals surface area contributed by atoms with Gasteiger partial charge in [0.05, 0.1) is 0 Å². The Morgan fingerprint density at radius 2 is 2.00 bits per heavy atom. The number of ether oxygens (including phenoxy) is 1. The van der Waals surface area contributed by atoms with Gasteiger partial charge < -0.3 is 15.2 Å². The van der Waals surface area contributed by atoms with Crippen LogP contribution >= 0.6 is 11.3 Å². The molecule has 0 aliphatic rings. The van der Waals surface area contributed by atoms with Crippen LogP contribution in [0.3, 0.4) is 0 Å². The quantitative estimate of drug-likeness (QED) is 0.858. The lowest BCUT2D eigenvalue weighted by atomic mass is 10.2. The van der Waals surface area contributed by atoms with E-state index in [1.807, 2.05) is 0 Å². The normalized spacial score (nSPS) is 10.1. The van der Waals surface area contributed by atoms with E-state index in [9.17, 15) is 14.0 Å². The number of aromatic carboxylic acids is 1. The van der Waals surface area contributed by atoms with Gasteiger partial charge in [-0.3, -0.25) is 4.79 Å². The fraction of sp³-hybridized carbons (Fsp3) is 0.143. The average molecular weight is 309 g/mol. The van der Waals surface area contributed by atoms with Gasteiger partial charge in [0.2, 0.25) is 0 Å². The summed E-state index contributed by atoms with van der Waals surface area (Å²) in [5.41, 5.74) is 0.772. The maximum atomic E-state index is 12.7.